The van der Waals surface area contributed by atoms with E-state index in [0.717, 1.165) is 11.3 Å². The maximum absolute atomic E-state index is 9.07. The van der Waals surface area contributed by atoms with Crippen molar-refractivity contribution in [1.29, 1.82) is 0 Å². The molecule has 1 aromatic heterocycles. The Morgan fingerprint density at radius 3 is 2.18 bits per heavy atom. The fourth-order valence-electron chi connectivity index (χ4n) is 1.05. The number of hydrogen-bond acceptors (Lipinski definition) is 5. The van der Waals surface area contributed by atoms with E-state index < -0.39 is 0 Å². The molecule has 0 radical (unpaired) electrons. The summed E-state index contributed by atoms with van der Waals surface area (Å²) in [5.74, 6) is 0.256. The van der Waals surface area contributed by atoms with Gasteiger partial charge >= 0.3 is 0 Å². The van der Waals surface area contributed by atoms with Gasteiger partial charge in [-0.2, -0.15) is 0 Å². The van der Waals surface area contributed by atoms with E-state index in [4.69, 9.17) is 10.8 Å². The highest BCUT2D eigenvalue weighted by Crippen LogP contribution is 2.24. The third-order valence-corrected chi connectivity index (χ3v) is 2.36. The van der Waals surface area contributed by atoms with Crippen LogP contribution in [-0.2, 0) is 0 Å². The van der Waals surface area contributed by atoms with E-state index in [2.05, 4.69) is 28.7 Å². The minimum atomic E-state index is 0.000000000000000222. The van der Waals surface area contributed by atoms with Crippen LogP contribution in [-0.4, -0.2) is 15.2 Å². The normalized spacial score (nSPS) is 9.18. The standard InChI is InChI=1S/C9H8N2OS.CH4N2S/c10-9-11-8(5-13-9)6-1-3-7(12)4-2-6;2-1(3)4/h1-5,12H,(H2,10,11);(H4,2,3,4). The number of nitrogens with two attached hydrogens (primary N) is 3. The number of hydrogen-bond donors (Lipinski definition) is 4. The number of phenolic OH excluding ortho intramolecular Hbond substituents is 1. The third-order valence-electron chi connectivity index (χ3n) is 1.69. The van der Waals surface area contributed by atoms with Crippen LogP contribution >= 0.6 is 23.6 Å². The molecule has 0 amide bonds. The number of thiocarbonyl (C=S) groups is 1. The number of thiazole rings is 1. The maximum Gasteiger partial charge on any atom is 0.180 e. The van der Waals surface area contributed by atoms with E-state index in [-0.39, 0.29) is 10.9 Å². The summed E-state index contributed by atoms with van der Waals surface area (Å²) in [6.07, 6.45) is 0. The molecular weight excluding hydrogens is 256 g/mol. The molecule has 1 heterocycles. The molecule has 2 rings (SSSR count). The Hall–Kier alpha value is -1.86. The van der Waals surface area contributed by atoms with Crippen molar-refractivity contribution in [2.24, 2.45) is 11.5 Å². The molecule has 0 spiro atoms. The number of nitrogens with zero attached hydrogens (tertiary/aromatic N) is 1. The molecule has 5 nitrogen and oxygen atoms in total. The molecule has 7 N–H and O–H groups in total. The van der Waals surface area contributed by atoms with Crippen molar-refractivity contribution in [2.75, 3.05) is 5.73 Å². The van der Waals surface area contributed by atoms with E-state index in [9.17, 15) is 0 Å². The molecule has 7 heteroatoms. The van der Waals surface area contributed by atoms with Crippen molar-refractivity contribution in [3.05, 3.63) is 29.6 Å². The van der Waals surface area contributed by atoms with Gasteiger partial charge in [0.2, 0.25) is 0 Å². The van der Waals surface area contributed by atoms with Gasteiger partial charge in [0.25, 0.3) is 0 Å². The summed E-state index contributed by atoms with van der Waals surface area (Å²) >= 11 is 5.50. The lowest BCUT2D eigenvalue weighted by Crippen LogP contribution is -2.18. The number of benzene rings is 1. The Labute approximate surface area is 108 Å². The van der Waals surface area contributed by atoms with Crippen LogP contribution in [0.15, 0.2) is 29.6 Å². The first-order chi connectivity index (χ1) is 7.99. The Kier molecular flexibility index (Phi) is 4.68. The molecule has 0 fully saturated rings. The monoisotopic (exact) mass is 268 g/mol. The van der Waals surface area contributed by atoms with Gasteiger partial charge in [0, 0.05) is 10.9 Å². The fourth-order valence-corrected chi connectivity index (χ4v) is 1.62. The second-order valence-electron chi connectivity index (χ2n) is 3.02. The van der Waals surface area contributed by atoms with E-state index in [1.165, 1.54) is 11.3 Å². The van der Waals surface area contributed by atoms with Crippen molar-refractivity contribution >= 4 is 33.8 Å². The molecule has 0 aliphatic heterocycles. The summed E-state index contributed by atoms with van der Waals surface area (Å²) in [4.78, 5) is 4.13. The quantitative estimate of drug-likeness (QED) is 0.580. The minimum Gasteiger partial charge on any atom is -0.508 e. The number of aromatic hydroxyl groups is 1. The number of nitrogen functional groups attached to an aromatic ring is 1. The molecular formula is C10H12N4OS2. The van der Waals surface area contributed by atoms with E-state index in [0.29, 0.717) is 5.13 Å². The summed E-state index contributed by atoms with van der Waals surface area (Å²) in [5, 5.41) is 11.5. The van der Waals surface area contributed by atoms with Crippen molar-refractivity contribution in [2.45, 2.75) is 0 Å². The van der Waals surface area contributed by atoms with Crippen LogP contribution in [0.5, 0.6) is 5.75 Å². The van der Waals surface area contributed by atoms with Crippen molar-refractivity contribution in [3.8, 4) is 17.0 Å². The second kappa shape index (κ2) is 6.02. The van der Waals surface area contributed by atoms with Crippen LogP contribution in [0.2, 0.25) is 0 Å². The predicted octanol–water partition coefficient (Wildman–Crippen LogP) is 1.29. The zero-order chi connectivity index (χ0) is 12.8. The van der Waals surface area contributed by atoms with Crippen molar-refractivity contribution in [1.82, 2.24) is 4.98 Å². The second-order valence-corrected chi connectivity index (χ2v) is 4.38. The SMILES string of the molecule is NC(N)=S.Nc1nc(-c2ccc(O)cc2)cs1. The molecule has 0 bridgehead atoms. The molecule has 17 heavy (non-hydrogen) atoms. The summed E-state index contributed by atoms with van der Waals surface area (Å²) in [6.45, 7) is 0. The average molecular weight is 268 g/mol. The molecule has 0 unspecified atom stereocenters. The molecule has 0 atom stereocenters. The lowest BCUT2D eigenvalue weighted by molar-refractivity contribution is 0.475. The number of aromatic nitrogens is 1. The first-order valence-electron chi connectivity index (χ1n) is 4.54. The van der Waals surface area contributed by atoms with Gasteiger partial charge in [-0.15, -0.1) is 11.3 Å². The molecule has 2 aromatic rings. The molecule has 0 saturated carbocycles. The van der Waals surface area contributed by atoms with Crippen LogP contribution in [0, 0.1) is 0 Å². The van der Waals surface area contributed by atoms with Gasteiger partial charge in [0.15, 0.2) is 10.2 Å². The van der Waals surface area contributed by atoms with Gasteiger partial charge in [0.1, 0.15) is 5.75 Å². The fraction of sp³-hybridized carbons (Fsp3) is 0. The lowest BCUT2D eigenvalue weighted by Gasteiger charge is -1.95. The summed E-state index contributed by atoms with van der Waals surface area (Å²) in [5.41, 5.74) is 16.6. The van der Waals surface area contributed by atoms with Gasteiger partial charge in [-0.3, -0.25) is 0 Å². The first kappa shape index (κ1) is 13.2. The van der Waals surface area contributed by atoms with Gasteiger partial charge in [-0.1, -0.05) is 0 Å². The topological polar surface area (TPSA) is 111 Å². The van der Waals surface area contributed by atoms with Crippen LogP contribution in [0.1, 0.15) is 0 Å². The molecule has 0 saturated heterocycles. The average Bonchev–Trinajstić information content (AvgIpc) is 2.65. The number of phenols is 1. The minimum absolute atomic E-state index is 0.000000000000000222. The van der Waals surface area contributed by atoms with Gasteiger partial charge in [0.05, 0.1) is 5.69 Å². The van der Waals surface area contributed by atoms with Crippen LogP contribution < -0.4 is 17.2 Å². The smallest absolute Gasteiger partial charge is 0.180 e. The summed E-state index contributed by atoms with van der Waals surface area (Å²) < 4.78 is 0. The van der Waals surface area contributed by atoms with Crippen LogP contribution in [0.25, 0.3) is 11.3 Å². The molecule has 1 aromatic carbocycles. The van der Waals surface area contributed by atoms with Crippen molar-refractivity contribution in [3.63, 3.8) is 0 Å². The Morgan fingerprint density at radius 2 is 1.76 bits per heavy atom. The highest BCUT2D eigenvalue weighted by molar-refractivity contribution is 7.80. The predicted molar refractivity (Wildman–Crippen MR) is 74.6 cm³/mol. The van der Waals surface area contributed by atoms with Crippen LogP contribution in [0.4, 0.5) is 5.13 Å². The Morgan fingerprint density at radius 1 is 1.24 bits per heavy atom. The van der Waals surface area contributed by atoms with Gasteiger partial charge in [-0.25, -0.2) is 4.98 Å². The third kappa shape index (κ3) is 4.66. The van der Waals surface area contributed by atoms with Gasteiger partial charge < -0.3 is 22.3 Å². The van der Waals surface area contributed by atoms with E-state index in [1.807, 2.05) is 17.5 Å². The highest BCUT2D eigenvalue weighted by Gasteiger charge is 2.01. The number of rotatable bonds is 1. The Bertz CT molecular complexity index is 491. The van der Waals surface area contributed by atoms with E-state index in [1.54, 1.807) is 12.1 Å². The Balaban J connectivity index is 0.000000317. The molecule has 90 valence electrons. The summed E-state index contributed by atoms with van der Waals surface area (Å²) in [6, 6.07) is 6.88. The summed E-state index contributed by atoms with van der Waals surface area (Å²) in [7, 11) is 0. The van der Waals surface area contributed by atoms with E-state index >= 15 is 0 Å². The maximum atomic E-state index is 9.07. The van der Waals surface area contributed by atoms with Crippen molar-refractivity contribution < 1.29 is 5.11 Å². The van der Waals surface area contributed by atoms with Gasteiger partial charge in [-0.05, 0) is 36.5 Å². The lowest BCUT2D eigenvalue weighted by atomic mass is 10.2. The largest absolute Gasteiger partial charge is 0.508 e. The molecule has 0 aliphatic rings. The zero-order valence-corrected chi connectivity index (χ0v) is 10.5. The highest BCUT2D eigenvalue weighted by atomic mass is 32.1. The zero-order valence-electron chi connectivity index (χ0n) is 8.83. The molecule has 0 aliphatic carbocycles. The number of anilines is 1. The van der Waals surface area contributed by atoms with Crippen LogP contribution in [0.3, 0.4) is 0 Å². The first-order valence-corrected chi connectivity index (χ1v) is 5.83.